The second-order valence-electron chi connectivity index (χ2n) is 5.27. The quantitative estimate of drug-likeness (QED) is 0.610. The van der Waals surface area contributed by atoms with Crippen LogP contribution in [0.4, 0.5) is 4.79 Å². The molecule has 0 saturated carbocycles. The first-order valence-corrected chi connectivity index (χ1v) is 6.96. The molecule has 1 fully saturated rings. The van der Waals surface area contributed by atoms with Crippen LogP contribution in [-0.4, -0.2) is 65.6 Å². The lowest BCUT2D eigenvalue weighted by atomic mass is 10.1. The summed E-state index contributed by atoms with van der Waals surface area (Å²) in [6.07, 6.45) is 0.729. The topological polar surface area (TPSA) is 99.1 Å². The summed E-state index contributed by atoms with van der Waals surface area (Å²) in [5.74, 6) is -1.21. The summed E-state index contributed by atoms with van der Waals surface area (Å²) in [6, 6.07) is -0.193. The van der Waals surface area contributed by atoms with Gasteiger partial charge in [0.2, 0.25) is 0 Å². The maximum Gasteiger partial charge on any atom is 0.317 e. The van der Waals surface area contributed by atoms with Gasteiger partial charge in [-0.1, -0.05) is 6.92 Å². The molecular weight excluding hydrogens is 264 g/mol. The smallest absolute Gasteiger partial charge is 0.317 e. The van der Waals surface area contributed by atoms with Crippen molar-refractivity contribution in [1.29, 1.82) is 0 Å². The number of nitrogens with zero attached hydrogens (tertiary/aromatic N) is 1. The molecule has 7 heteroatoms. The summed E-state index contributed by atoms with van der Waals surface area (Å²) in [5.41, 5.74) is 0. The highest BCUT2D eigenvalue weighted by atomic mass is 16.5. The first-order valence-electron chi connectivity index (χ1n) is 6.96. The molecule has 3 unspecified atom stereocenters. The summed E-state index contributed by atoms with van der Waals surface area (Å²) in [4.78, 5) is 24.2. The third-order valence-corrected chi connectivity index (χ3v) is 3.33. The first-order chi connectivity index (χ1) is 9.43. The molecular formula is C13H24N2O5. The molecule has 1 heterocycles. The average Bonchev–Trinajstić information content (AvgIpc) is 2.42. The van der Waals surface area contributed by atoms with E-state index in [1.807, 2.05) is 6.92 Å². The van der Waals surface area contributed by atoms with Crippen molar-refractivity contribution < 1.29 is 24.5 Å². The number of hydrogen-bond acceptors (Lipinski definition) is 4. The number of ether oxygens (including phenoxy) is 1. The van der Waals surface area contributed by atoms with Crippen LogP contribution in [0, 0.1) is 5.92 Å². The number of urea groups is 1. The van der Waals surface area contributed by atoms with Crippen LogP contribution >= 0.6 is 0 Å². The standard InChI is InChI=1S/C13H24N2O5/c1-9(12(17)18)4-3-5-14-13(19)15-6-10(2)20-11(7-15)8-16/h9-11,16H,3-8H2,1-2H3,(H,14,19)(H,17,18). The Morgan fingerprint density at radius 2 is 2.15 bits per heavy atom. The van der Waals surface area contributed by atoms with Crippen molar-refractivity contribution >= 4 is 12.0 Å². The number of rotatable bonds is 6. The maximum absolute atomic E-state index is 11.9. The minimum absolute atomic E-state index is 0.0984. The molecule has 1 aliphatic rings. The van der Waals surface area contributed by atoms with E-state index < -0.39 is 11.9 Å². The van der Waals surface area contributed by atoms with E-state index in [2.05, 4.69) is 5.32 Å². The molecule has 7 nitrogen and oxygen atoms in total. The average molecular weight is 288 g/mol. The highest BCUT2D eigenvalue weighted by Gasteiger charge is 2.27. The first kappa shape index (κ1) is 16.7. The van der Waals surface area contributed by atoms with Crippen molar-refractivity contribution in [3.8, 4) is 0 Å². The van der Waals surface area contributed by atoms with Crippen molar-refractivity contribution in [2.75, 3.05) is 26.2 Å². The Labute approximate surface area is 118 Å². The number of carbonyl (C=O) groups is 2. The summed E-state index contributed by atoms with van der Waals surface area (Å²) in [7, 11) is 0. The number of amides is 2. The van der Waals surface area contributed by atoms with Crippen LogP contribution in [0.25, 0.3) is 0 Å². The van der Waals surface area contributed by atoms with Crippen LogP contribution in [0.15, 0.2) is 0 Å². The summed E-state index contributed by atoms with van der Waals surface area (Å²) in [5, 5.41) is 20.6. The van der Waals surface area contributed by atoms with Crippen molar-refractivity contribution in [3.63, 3.8) is 0 Å². The number of aliphatic hydroxyl groups is 1. The fourth-order valence-electron chi connectivity index (χ4n) is 2.15. The van der Waals surface area contributed by atoms with Crippen LogP contribution in [0.1, 0.15) is 26.7 Å². The largest absolute Gasteiger partial charge is 0.481 e. The Bertz CT molecular complexity index is 337. The van der Waals surface area contributed by atoms with Crippen LogP contribution < -0.4 is 5.32 Å². The molecule has 0 aromatic rings. The number of aliphatic hydroxyl groups excluding tert-OH is 1. The van der Waals surface area contributed by atoms with E-state index in [1.54, 1.807) is 11.8 Å². The Balaban J connectivity index is 2.26. The predicted molar refractivity (Wildman–Crippen MR) is 72.4 cm³/mol. The Morgan fingerprint density at radius 1 is 1.45 bits per heavy atom. The van der Waals surface area contributed by atoms with Crippen LogP contribution in [-0.2, 0) is 9.53 Å². The number of carbonyl (C=O) groups excluding carboxylic acids is 1. The van der Waals surface area contributed by atoms with Gasteiger partial charge in [-0.25, -0.2) is 4.79 Å². The van der Waals surface area contributed by atoms with E-state index in [1.165, 1.54) is 0 Å². The fourth-order valence-corrected chi connectivity index (χ4v) is 2.15. The molecule has 1 rings (SSSR count). The lowest BCUT2D eigenvalue weighted by Crippen LogP contribution is -2.53. The summed E-state index contributed by atoms with van der Waals surface area (Å²) < 4.78 is 5.46. The molecule has 0 aromatic heterocycles. The zero-order valence-electron chi connectivity index (χ0n) is 12.0. The second-order valence-corrected chi connectivity index (χ2v) is 5.27. The second kappa shape index (κ2) is 8.06. The van der Waals surface area contributed by atoms with E-state index in [4.69, 9.17) is 14.9 Å². The van der Waals surface area contributed by atoms with Gasteiger partial charge >= 0.3 is 12.0 Å². The third kappa shape index (κ3) is 5.34. The number of carboxylic acids is 1. The summed E-state index contributed by atoms with van der Waals surface area (Å²) in [6.45, 7) is 4.72. The SMILES string of the molecule is CC1CN(C(=O)NCCCC(C)C(=O)O)CC(CO)O1. The highest BCUT2D eigenvalue weighted by molar-refractivity contribution is 5.74. The van der Waals surface area contributed by atoms with Gasteiger partial charge in [0.15, 0.2) is 0 Å². The molecule has 0 bridgehead atoms. The van der Waals surface area contributed by atoms with Gasteiger partial charge in [0.1, 0.15) is 0 Å². The number of hydrogen-bond donors (Lipinski definition) is 3. The number of nitrogens with one attached hydrogen (secondary N) is 1. The van der Waals surface area contributed by atoms with Gasteiger partial charge in [-0.05, 0) is 19.8 Å². The predicted octanol–water partition coefficient (Wildman–Crippen LogP) is 0.279. The maximum atomic E-state index is 11.9. The minimum atomic E-state index is -0.816. The van der Waals surface area contributed by atoms with E-state index >= 15 is 0 Å². The zero-order valence-corrected chi connectivity index (χ0v) is 12.0. The van der Waals surface area contributed by atoms with Gasteiger partial charge in [-0.15, -0.1) is 0 Å². The summed E-state index contributed by atoms with van der Waals surface area (Å²) >= 11 is 0. The van der Waals surface area contributed by atoms with Gasteiger partial charge in [0.25, 0.3) is 0 Å². The third-order valence-electron chi connectivity index (χ3n) is 3.33. The fraction of sp³-hybridized carbons (Fsp3) is 0.846. The lowest BCUT2D eigenvalue weighted by Gasteiger charge is -2.36. The van der Waals surface area contributed by atoms with Gasteiger partial charge in [-0.2, -0.15) is 0 Å². The molecule has 0 spiro atoms. The van der Waals surface area contributed by atoms with Crippen LogP contribution in [0.3, 0.4) is 0 Å². The number of aliphatic carboxylic acids is 1. The van der Waals surface area contributed by atoms with Gasteiger partial charge in [0.05, 0.1) is 31.3 Å². The molecule has 3 N–H and O–H groups in total. The molecule has 1 aliphatic heterocycles. The van der Waals surface area contributed by atoms with Crippen LogP contribution in [0.5, 0.6) is 0 Å². The molecule has 0 radical (unpaired) electrons. The van der Waals surface area contributed by atoms with Crippen LogP contribution in [0.2, 0.25) is 0 Å². The number of carboxylic acid groups (broad SMARTS) is 1. The molecule has 116 valence electrons. The normalized spacial score (nSPS) is 24.2. The molecule has 3 atom stereocenters. The van der Waals surface area contributed by atoms with Crippen molar-refractivity contribution in [2.24, 2.45) is 5.92 Å². The molecule has 1 saturated heterocycles. The Hall–Kier alpha value is -1.34. The van der Waals surface area contributed by atoms with E-state index in [9.17, 15) is 9.59 Å². The molecule has 0 aliphatic carbocycles. The molecule has 0 aromatic carbocycles. The van der Waals surface area contributed by atoms with Gasteiger partial charge < -0.3 is 25.2 Å². The van der Waals surface area contributed by atoms with Crippen molar-refractivity contribution in [2.45, 2.75) is 38.9 Å². The van der Waals surface area contributed by atoms with Crippen molar-refractivity contribution in [1.82, 2.24) is 10.2 Å². The van der Waals surface area contributed by atoms with E-state index in [0.29, 0.717) is 32.5 Å². The van der Waals surface area contributed by atoms with Gasteiger partial charge in [-0.3, -0.25) is 4.79 Å². The monoisotopic (exact) mass is 288 g/mol. The Kier molecular flexibility index (Phi) is 6.74. The van der Waals surface area contributed by atoms with Crippen molar-refractivity contribution in [3.05, 3.63) is 0 Å². The zero-order chi connectivity index (χ0) is 15.1. The Morgan fingerprint density at radius 3 is 2.75 bits per heavy atom. The lowest BCUT2D eigenvalue weighted by molar-refractivity contribution is -0.141. The van der Waals surface area contributed by atoms with E-state index in [0.717, 1.165) is 0 Å². The minimum Gasteiger partial charge on any atom is -0.481 e. The van der Waals surface area contributed by atoms with Gasteiger partial charge in [0, 0.05) is 13.1 Å². The number of morpholine rings is 1. The highest BCUT2D eigenvalue weighted by Crippen LogP contribution is 2.11. The molecule has 2 amide bonds. The van der Waals surface area contributed by atoms with E-state index in [-0.39, 0.29) is 24.8 Å². The molecule has 20 heavy (non-hydrogen) atoms.